The molecule has 0 atom stereocenters. The van der Waals surface area contributed by atoms with Crippen molar-refractivity contribution in [1.29, 1.82) is 0 Å². The van der Waals surface area contributed by atoms with E-state index in [-0.39, 0.29) is 18.1 Å². The lowest BCUT2D eigenvalue weighted by Gasteiger charge is -2.12. The molecule has 3 rings (SSSR count). The molecule has 126 valence electrons. The molecule has 0 spiro atoms. The van der Waals surface area contributed by atoms with Gasteiger partial charge in [-0.25, -0.2) is 0 Å². The van der Waals surface area contributed by atoms with Gasteiger partial charge in [0.05, 0.1) is 5.69 Å². The summed E-state index contributed by atoms with van der Waals surface area (Å²) in [6, 6.07) is 23.8. The number of hydrogen-bond donors (Lipinski definition) is 2. The van der Waals surface area contributed by atoms with Gasteiger partial charge in [0.15, 0.2) is 5.75 Å². The van der Waals surface area contributed by atoms with Crippen molar-refractivity contribution < 1.29 is 14.6 Å². The summed E-state index contributed by atoms with van der Waals surface area (Å²) < 4.78 is 5.84. The van der Waals surface area contributed by atoms with Crippen molar-refractivity contribution in [2.45, 2.75) is 12.8 Å². The molecular weight excluding hydrogens is 314 g/mol. The molecule has 3 aromatic carbocycles. The minimum atomic E-state index is -0.132. The Hall–Kier alpha value is -3.27. The van der Waals surface area contributed by atoms with Crippen molar-refractivity contribution in [3.8, 4) is 17.2 Å². The number of phenols is 1. The van der Waals surface area contributed by atoms with Crippen LogP contribution in [0, 0.1) is 0 Å². The zero-order chi connectivity index (χ0) is 17.5. The maximum Gasteiger partial charge on any atom is 0.224 e. The molecule has 0 aliphatic rings. The zero-order valence-corrected chi connectivity index (χ0v) is 13.7. The monoisotopic (exact) mass is 333 g/mol. The lowest BCUT2D eigenvalue weighted by molar-refractivity contribution is -0.116. The van der Waals surface area contributed by atoms with Gasteiger partial charge < -0.3 is 15.2 Å². The summed E-state index contributed by atoms with van der Waals surface area (Å²) >= 11 is 0. The molecule has 0 heterocycles. The van der Waals surface area contributed by atoms with E-state index in [9.17, 15) is 9.90 Å². The second-order valence-corrected chi connectivity index (χ2v) is 5.59. The van der Waals surface area contributed by atoms with Gasteiger partial charge in [-0.05, 0) is 42.3 Å². The summed E-state index contributed by atoms with van der Waals surface area (Å²) in [5.74, 6) is 1.37. The SMILES string of the molecule is O=C(CCc1ccccc1O)Nc1ccccc1Oc1ccccc1. The molecule has 3 aromatic rings. The van der Waals surface area contributed by atoms with Crippen LogP contribution in [0.25, 0.3) is 0 Å². The fourth-order valence-electron chi connectivity index (χ4n) is 2.46. The average Bonchev–Trinajstić information content (AvgIpc) is 2.64. The van der Waals surface area contributed by atoms with Gasteiger partial charge in [-0.15, -0.1) is 0 Å². The third-order valence-electron chi connectivity index (χ3n) is 3.75. The van der Waals surface area contributed by atoms with Crippen LogP contribution in [-0.2, 0) is 11.2 Å². The first kappa shape index (κ1) is 16.6. The Bertz CT molecular complexity index is 847. The average molecular weight is 333 g/mol. The van der Waals surface area contributed by atoms with Gasteiger partial charge in [0.1, 0.15) is 11.5 Å². The maximum absolute atomic E-state index is 12.3. The highest BCUT2D eigenvalue weighted by atomic mass is 16.5. The number of carbonyl (C=O) groups is 1. The van der Waals surface area contributed by atoms with Crippen LogP contribution in [0.5, 0.6) is 17.2 Å². The van der Waals surface area contributed by atoms with Gasteiger partial charge in [-0.1, -0.05) is 48.5 Å². The summed E-state index contributed by atoms with van der Waals surface area (Å²) in [6.07, 6.45) is 0.747. The Morgan fingerprint density at radius 3 is 2.36 bits per heavy atom. The first-order valence-corrected chi connectivity index (χ1v) is 8.11. The van der Waals surface area contributed by atoms with Crippen LogP contribution in [0.3, 0.4) is 0 Å². The number of aryl methyl sites for hydroxylation is 1. The number of para-hydroxylation sites is 4. The van der Waals surface area contributed by atoms with Gasteiger partial charge in [0, 0.05) is 6.42 Å². The van der Waals surface area contributed by atoms with Gasteiger partial charge in [0.2, 0.25) is 5.91 Å². The van der Waals surface area contributed by atoms with E-state index in [1.165, 1.54) is 0 Å². The molecular formula is C21H19NO3. The Morgan fingerprint density at radius 2 is 1.56 bits per heavy atom. The first-order valence-electron chi connectivity index (χ1n) is 8.11. The van der Waals surface area contributed by atoms with E-state index >= 15 is 0 Å². The molecule has 0 aliphatic heterocycles. The maximum atomic E-state index is 12.3. The summed E-state index contributed by atoms with van der Waals surface area (Å²) in [4.78, 5) is 12.3. The molecule has 2 N–H and O–H groups in total. The Balaban J connectivity index is 1.64. The van der Waals surface area contributed by atoms with E-state index in [1.54, 1.807) is 18.2 Å². The van der Waals surface area contributed by atoms with Crippen molar-refractivity contribution >= 4 is 11.6 Å². The predicted molar refractivity (Wildman–Crippen MR) is 98.0 cm³/mol. The van der Waals surface area contributed by atoms with Gasteiger partial charge in [-0.3, -0.25) is 4.79 Å². The van der Waals surface area contributed by atoms with Crippen molar-refractivity contribution in [2.24, 2.45) is 0 Å². The fourth-order valence-corrected chi connectivity index (χ4v) is 2.46. The molecule has 4 nitrogen and oxygen atoms in total. The molecule has 4 heteroatoms. The third-order valence-corrected chi connectivity index (χ3v) is 3.75. The molecule has 0 fully saturated rings. The third kappa shape index (κ3) is 4.61. The second-order valence-electron chi connectivity index (χ2n) is 5.59. The topological polar surface area (TPSA) is 58.6 Å². The number of aromatic hydroxyl groups is 1. The first-order chi connectivity index (χ1) is 12.2. The van der Waals surface area contributed by atoms with Crippen molar-refractivity contribution in [2.75, 3.05) is 5.32 Å². The van der Waals surface area contributed by atoms with Gasteiger partial charge >= 0.3 is 0 Å². The highest BCUT2D eigenvalue weighted by Crippen LogP contribution is 2.29. The van der Waals surface area contributed by atoms with E-state index in [0.717, 1.165) is 5.56 Å². The van der Waals surface area contributed by atoms with Gasteiger partial charge in [-0.2, -0.15) is 0 Å². The minimum absolute atomic E-state index is 0.132. The Morgan fingerprint density at radius 1 is 0.880 bits per heavy atom. The summed E-state index contributed by atoms with van der Waals surface area (Å²) in [5.41, 5.74) is 1.38. The number of rotatable bonds is 6. The summed E-state index contributed by atoms with van der Waals surface area (Å²) in [7, 11) is 0. The van der Waals surface area contributed by atoms with Crippen LogP contribution < -0.4 is 10.1 Å². The molecule has 0 unspecified atom stereocenters. The van der Waals surface area contributed by atoms with Gasteiger partial charge in [0.25, 0.3) is 0 Å². The number of amides is 1. The molecule has 25 heavy (non-hydrogen) atoms. The van der Waals surface area contributed by atoms with E-state index in [4.69, 9.17) is 4.74 Å². The molecule has 0 aliphatic carbocycles. The molecule has 0 saturated heterocycles. The lowest BCUT2D eigenvalue weighted by atomic mass is 10.1. The Kier molecular flexibility index (Phi) is 5.32. The highest BCUT2D eigenvalue weighted by Gasteiger charge is 2.09. The number of hydrogen-bond acceptors (Lipinski definition) is 3. The van der Waals surface area contributed by atoms with E-state index in [1.807, 2.05) is 60.7 Å². The van der Waals surface area contributed by atoms with Crippen molar-refractivity contribution in [3.05, 3.63) is 84.4 Å². The number of anilines is 1. The number of ether oxygens (including phenoxy) is 1. The molecule has 0 radical (unpaired) electrons. The number of nitrogens with one attached hydrogen (secondary N) is 1. The smallest absolute Gasteiger partial charge is 0.224 e. The molecule has 0 aromatic heterocycles. The largest absolute Gasteiger partial charge is 0.508 e. The normalized spacial score (nSPS) is 10.2. The quantitative estimate of drug-likeness (QED) is 0.684. The fraction of sp³-hybridized carbons (Fsp3) is 0.0952. The predicted octanol–water partition coefficient (Wildman–Crippen LogP) is 4.76. The van der Waals surface area contributed by atoms with Crippen LogP contribution in [0.1, 0.15) is 12.0 Å². The zero-order valence-electron chi connectivity index (χ0n) is 13.7. The molecule has 1 amide bonds. The van der Waals surface area contributed by atoms with Crippen molar-refractivity contribution in [3.63, 3.8) is 0 Å². The molecule has 0 bridgehead atoms. The second kappa shape index (κ2) is 8.02. The van der Waals surface area contributed by atoms with Crippen LogP contribution in [0.4, 0.5) is 5.69 Å². The van der Waals surface area contributed by atoms with Crippen LogP contribution in [-0.4, -0.2) is 11.0 Å². The summed E-state index contributed by atoms with van der Waals surface area (Å²) in [5, 5.41) is 12.6. The number of carbonyl (C=O) groups excluding carboxylic acids is 1. The number of benzene rings is 3. The van der Waals surface area contributed by atoms with Crippen LogP contribution >= 0.6 is 0 Å². The van der Waals surface area contributed by atoms with E-state index in [2.05, 4.69) is 5.32 Å². The van der Waals surface area contributed by atoms with E-state index in [0.29, 0.717) is 23.6 Å². The Labute approximate surface area is 146 Å². The lowest BCUT2D eigenvalue weighted by Crippen LogP contribution is -2.13. The summed E-state index contributed by atoms with van der Waals surface area (Å²) in [6.45, 7) is 0. The standard InChI is InChI=1S/C21H19NO3/c23-19-12-6-4-8-16(19)14-15-21(24)22-18-11-5-7-13-20(18)25-17-9-2-1-3-10-17/h1-13,23H,14-15H2,(H,22,24). The van der Waals surface area contributed by atoms with Crippen LogP contribution in [0.2, 0.25) is 0 Å². The van der Waals surface area contributed by atoms with E-state index < -0.39 is 0 Å². The number of phenolic OH excluding ortho intramolecular Hbond substituents is 1. The van der Waals surface area contributed by atoms with Crippen LogP contribution in [0.15, 0.2) is 78.9 Å². The minimum Gasteiger partial charge on any atom is -0.508 e. The highest BCUT2D eigenvalue weighted by molar-refractivity contribution is 5.92. The molecule has 0 saturated carbocycles. The van der Waals surface area contributed by atoms with Crippen molar-refractivity contribution in [1.82, 2.24) is 0 Å².